The Morgan fingerprint density at radius 2 is 1.67 bits per heavy atom. The zero-order valence-corrected chi connectivity index (χ0v) is 34.9. The predicted octanol–water partition coefficient (Wildman–Crippen LogP) is 3.09. The van der Waals surface area contributed by atoms with Gasteiger partial charge in [-0.05, 0) is 44.4 Å². The van der Waals surface area contributed by atoms with Gasteiger partial charge in [0.25, 0.3) is 5.56 Å². The van der Waals surface area contributed by atoms with Gasteiger partial charge in [0.2, 0.25) is 11.7 Å². The van der Waals surface area contributed by atoms with E-state index in [0.29, 0.717) is 0 Å². The van der Waals surface area contributed by atoms with Gasteiger partial charge in [0, 0.05) is 38.2 Å². The van der Waals surface area contributed by atoms with E-state index in [9.17, 15) is 45.0 Å². The number of carbonyl (C=O) groups is 2. The minimum atomic E-state index is -2.34. The summed E-state index contributed by atoms with van der Waals surface area (Å²) in [6.45, 7) is 12.2. The van der Waals surface area contributed by atoms with Crippen LogP contribution in [0.1, 0.15) is 65.2 Å². The third kappa shape index (κ3) is 10.9. The van der Waals surface area contributed by atoms with E-state index in [2.05, 4.69) is 5.32 Å². The summed E-state index contributed by atoms with van der Waals surface area (Å²) >= 11 is 0. The van der Waals surface area contributed by atoms with Crippen molar-refractivity contribution in [3.8, 4) is 5.75 Å². The number of rotatable bonds is 17. The zero-order valence-electron chi connectivity index (χ0n) is 34.9. The van der Waals surface area contributed by atoms with Crippen molar-refractivity contribution in [3.63, 3.8) is 0 Å². The van der Waals surface area contributed by atoms with Crippen LogP contribution in [0, 0.1) is 17.3 Å². The number of carbonyl (C=O) groups excluding carboxylic acids is 2. The molecule has 0 aromatic carbocycles. The van der Waals surface area contributed by atoms with E-state index < -0.39 is 94.9 Å². The highest BCUT2D eigenvalue weighted by atomic mass is 16.7. The molecule has 3 rings (SSSR count). The number of pyridine rings is 1. The summed E-state index contributed by atoms with van der Waals surface area (Å²) in [6, 6.07) is 1.27. The van der Waals surface area contributed by atoms with Gasteiger partial charge < -0.3 is 54.7 Å². The Labute approximate surface area is 340 Å². The maximum absolute atomic E-state index is 13.3. The molecule has 7 N–H and O–H groups in total. The maximum atomic E-state index is 13.3. The van der Waals surface area contributed by atoms with Gasteiger partial charge in [-0.2, -0.15) is 0 Å². The number of aryl methyl sites for hydroxylation is 1. The molecule has 0 spiro atoms. The van der Waals surface area contributed by atoms with Crippen molar-refractivity contribution in [3.05, 3.63) is 112 Å². The standard InChI is InChI=1S/C44H62N2O12/c1-10-12-14-22-32-43(6,7)39(51)40(52)44(55,58-32)29(11-2)41(53)45-24-18-17-20-27(4)37(56-9)28(5)38-36(50)35(49)31(57-38)21-16-13-15-19-26(3)34(48)33-30(47)23-25-46(8)42(33)54/h10,12-23,25,28-29,31-32,35-40,47,49-52,55H,11,24H2,1-9H3,(H,45,53)/b12-10+,15-13+,18-17+,21-16+,22-14+,26-19+,27-20+/t28-,29-,31-,32?,35?,36?,37-,38+,39?,40?,44?/m1/s1. The number of hydrogen-bond acceptors (Lipinski definition) is 12. The number of Topliss-reactive ketones (excluding diaryl/α,β-unsaturated/α-hetero) is 1. The number of nitrogens with one attached hydrogen (secondary N) is 1. The topological polar surface area (TPSA) is 217 Å². The molecule has 6 unspecified atom stereocenters. The maximum Gasteiger partial charge on any atom is 0.265 e. The summed E-state index contributed by atoms with van der Waals surface area (Å²) in [5.41, 5.74) is -0.881. The van der Waals surface area contributed by atoms with Crippen molar-refractivity contribution in [2.45, 2.75) is 110 Å². The SMILES string of the molecule is C/C=C/C=C/C1OC(O)([C@H](CC)C(=O)NC/C=C/C=C(\C)[C@@H](OC)[C@@H](C)[C@@H]2O[C@H](/C=C/C=C/C=C(\C)C(=O)c3c(O)ccn(C)c3=O)C(O)C2O)C(O)C(O)C1(C)C. The lowest BCUT2D eigenvalue weighted by Crippen LogP contribution is -2.69. The number of allylic oxidation sites excluding steroid dienone is 10. The molecule has 0 saturated carbocycles. The third-order valence-electron chi connectivity index (χ3n) is 11.0. The molecule has 2 aliphatic rings. The van der Waals surface area contributed by atoms with E-state index in [-0.39, 0.29) is 24.1 Å². The van der Waals surface area contributed by atoms with Crippen LogP contribution in [0.4, 0.5) is 0 Å². The summed E-state index contributed by atoms with van der Waals surface area (Å²) in [7, 11) is 3.01. The second-order valence-electron chi connectivity index (χ2n) is 15.5. The highest BCUT2D eigenvalue weighted by molar-refractivity contribution is 6.09. The Morgan fingerprint density at radius 3 is 2.31 bits per heavy atom. The van der Waals surface area contributed by atoms with Crippen molar-refractivity contribution in [1.29, 1.82) is 0 Å². The van der Waals surface area contributed by atoms with Crippen LogP contribution < -0.4 is 10.9 Å². The van der Waals surface area contributed by atoms with Crippen molar-refractivity contribution in [1.82, 2.24) is 9.88 Å². The van der Waals surface area contributed by atoms with Crippen molar-refractivity contribution >= 4 is 11.7 Å². The first-order valence-electron chi connectivity index (χ1n) is 19.5. The fourth-order valence-corrected chi connectivity index (χ4v) is 7.27. The zero-order chi connectivity index (χ0) is 43.5. The molecule has 58 heavy (non-hydrogen) atoms. The highest BCUT2D eigenvalue weighted by Gasteiger charge is 2.60. The van der Waals surface area contributed by atoms with Gasteiger partial charge in [0.1, 0.15) is 35.7 Å². The third-order valence-corrected chi connectivity index (χ3v) is 11.0. The van der Waals surface area contributed by atoms with Gasteiger partial charge in [-0.25, -0.2) is 0 Å². The van der Waals surface area contributed by atoms with Crippen LogP contribution in [-0.4, -0.2) is 115 Å². The first-order chi connectivity index (χ1) is 27.3. The molecule has 0 bridgehead atoms. The second kappa shape index (κ2) is 21.1. The van der Waals surface area contributed by atoms with Gasteiger partial charge in [0.05, 0.1) is 30.3 Å². The Balaban J connectivity index is 1.61. The van der Waals surface area contributed by atoms with Gasteiger partial charge in [-0.1, -0.05) is 101 Å². The van der Waals surface area contributed by atoms with Crippen molar-refractivity contribution in [2.24, 2.45) is 24.3 Å². The average Bonchev–Trinajstić information content (AvgIpc) is 3.46. The number of ketones is 1. The number of aliphatic hydroxyl groups excluding tert-OH is 4. The van der Waals surface area contributed by atoms with E-state index in [1.54, 1.807) is 81.5 Å². The largest absolute Gasteiger partial charge is 0.507 e. The van der Waals surface area contributed by atoms with Crippen LogP contribution in [0.5, 0.6) is 5.75 Å². The number of amides is 1. The van der Waals surface area contributed by atoms with E-state index in [1.807, 2.05) is 26.8 Å². The molecular formula is C44H62N2O12. The molecule has 14 nitrogen and oxygen atoms in total. The molecule has 1 aromatic heterocycles. The lowest BCUT2D eigenvalue weighted by Gasteiger charge is -2.53. The van der Waals surface area contributed by atoms with Crippen LogP contribution >= 0.6 is 0 Å². The highest BCUT2D eigenvalue weighted by Crippen LogP contribution is 2.44. The van der Waals surface area contributed by atoms with E-state index in [1.165, 1.54) is 44.0 Å². The van der Waals surface area contributed by atoms with Crippen molar-refractivity contribution in [2.75, 3.05) is 13.7 Å². The minimum absolute atomic E-state index is 0.0818. The molecule has 3 heterocycles. The smallest absolute Gasteiger partial charge is 0.265 e. The van der Waals surface area contributed by atoms with Crippen LogP contribution in [0.15, 0.2) is 101 Å². The molecule has 0 aliphatic carbocycles. The fourth-order valence-electron chi connectivity index (χ4n) is 7.27. The van der Waals surface area contributed by atoms with Gasteiger partial charge in [-0.3, -0.25) is 14.4 Å². The first kappa shape index (κ1) is 48.1. The first-order valence-corrected chi connectivity index (χ1v) is 19.5. The molecule has 2 saturated heterocycles. The fraction of sp³-hybridized carbons (Fsp3) is 0.523. The lowest BCUT2D eigenvalue weighted by atomic mass is 9.71. The number of ether oxygens (including phenoxy) is 3. The summed E-state index contributed by atoms with van der Waals surface area (Å²) in [5, 5.41) is 68.0. The Hall–Kier alpha value is -4.25. The van der Waals surface area contributed by atoms with E-state index in [0.717, 1.165) is 5.57 Å². The number of methoxy groups -OCH3 is 1. The average molecular weight is 811 g/mol. The molecular weight excluding hydrogens is 748 g/mol. The van der Waals surface area contributed by atoms with Crippen LogP contribution in [-0.2, 0) is 26.1 Å². The van der Waals surface area contributed by atoms with Gasteiger partial charge >= 0.3 is 0 Å². The number of aromatic nitrogens is 1. The summed E-state index contributed by atoms with van der Waals surface area (Å²) in [5.74, 6) is -5.51. The van der Waals surface area contributed by atoms with Crippen LogP contribution in [0.3, 0.4) is 0 Å². The summed E-state index contributed by atoms with van der Waals surface area (Å²) < 4.78 is 19.0. The molecule has 11 atom stereocenters. The van der Waals surface area contributed by atoms with E-state index >= 15 is 0 Å². The number of aromatic hydroxyl groups is 1. The van der Waals surface area contributed by atoms with E-state index in [4.69, 9.17) is 14.2 Å². The summed E-state index contributed by atoms with van der Waals surface area (Å²) in [4.78, 5) is 38.4. The predicted molar refractivity (Wildman–Crippen MR) is 220 cm³/mol. The Morgan fingerprint density at radius 1 is 1.00 bits per heavy atom. The molecule has 2 fully saturated rings. The number of aliphatic hydroxyl groups is 5. The minimum Gasteiger partial charge on any atom is -0.507 e. The Bertz CT molecular complexity index is 1860. The summed E-state index contributed by atoms with van der Waals surface area (Å²) in [6.07, 6.45) is 13.0. The molecule has 1 amide bonds. The van der Waals surface area contributed by atoms with Gasteiger partial charge in [0.15, 0.2) is 5.78 Å². The van der Waals surface area contributed by atoms with Crippen LogP contribution in [0.25, 0.3) is 0 Å². The quantitative estimate of drug-likeness (QED) is 0.0687. The number of hydrogen-bond donors (Lipinski definition) is 7. The molecule has 0 radical (unpaired) electrons. The second-order valence-corrected chi connectivity index (χ2v) is 15.5. The molecule has 320 valence electrons. The molecule has 2 aliphatic heterocycles. The van der Waals surface area contributed by atoms with Crippen LogP contribution in [0.2, 0.25) is 0 Å². The molecule has 14 heteroatoms. The monoisotopic (exact) mass is 810 g/mol. The van der Waals surface area contributed by atoms with Crippen molar-refractivity contribution < 1.29 is 54.4 Å². The van der Waals surface area contributed by atoms with Gasteiger partial charge in [-0.15, -0.1) is 0 Å². The Kier molecular flexibility index (Phi) is 17.5. The lowest BCUT2D eigenvalue weighted by molar-refractivity contribution is -0.359. The molecule has 1 aromatic rings. The number of nitrogens with zero attached hydrogens (tertiary/aromatic N) is 1. The normalized spacial score (nSPS) is 29.9.